The lowest BCUT2D eigenvalue weighted by Crippen LogP contribution is -2.18. The van der Waals surface area contributed by atoms with Crippen molar-refractivity contribution in [2.75, 3.05) is 6.54 Å². The molecule has 4 nitrogen and oxygen atoms in total. The summed E-state index contributed by atoms with van der Waals surface area (Å²) in [6.45, 7) is 4.05. The summed E-state index contributed by atoms with van der Waals surface area (Å²) in [5, 5.41) is 11.2. The number of nitrogens with one attached hydrogen (secondary N) is 1. The maximum atomic E-state index is 8.30. The SMILES string of the molecule is Cc1cnc(C(C)NCC#N)o1. The lowest BCUT2D eigenvalue weighted by atomic mass is 10.3. The minimum absolute atomic E-state index is 0.00153. The van der Waals surface area contributed by atoms with Crippen molar-refractivity contribution in [3.63, 3.8) is 0 Å². The number of oxazole rings is 1. The van der Waals surface area contributed by atoms with Gasteiger partial charge in [0, 0.05) is 0 Å². The Morgan fingerprint density at radius 2 is 2.58 bits per heavy atom. The molecule has 1 heterocycles. The Morgan fingerprint density at radius 1 is 1.83 bits per heavy atom. The van der Waals surface area contributed by atoms with E-state index >= 15 is 0 Å². The molecular weight excluding hydrogens is 154 g/mol. The van der Waals surface area contributed by atoms with Crippen LogP contribution >= 0.6 is 0 Å². The molecule has 1 unspecified atom stereocenters. The molecule has 1 N–H and O–H groups in total. The van der Waals surface area contributed by atoms with Gasteiger partial charge in [-0.15, -0.1) is 0 Å². The first-order valence-electron chi connectivity index (χ1n) is 3.76. The topological polar surface area (TPSA) is 61.9 Å². The van der Waals surface area contributed by atoms with E-state index < -0.39 is 0 Å². The number of aromatic nitrogens is 1. The van der Waals surface area contributed by atoms with Gasteiger partial charge in [0.2, 0.25) is 5.89 Å². The van der Waals surface area contributed by atoms with E-state index in [1.54, 1.807) is 6.20 Å². The smallest absolute Gasteiger partial charge is 0.211 e. The van der Waals surface area contributed by atoms with Crippen molar-refractivity contribution in [2.24, 2.45) is 0 Å². The number of nitriles is 1. The van der Waals surface area contributed by atoms with Crippen molar-refractivity contribution in [1.29, 1.82) is 5.26 Å². The van der Waals surface area contributed by atoms with Crippen molar-refractivity contribution in [1.82, 2.24) is 10.3 Å². The van der Waals surface area contributed by atoms with Crippen LogP contribution in [0.4, 0.5) is 0 Å². The largest absolute Gasteiger partial charge is 0.444 e. The highest BCUT2D eigenvalue weighted by Crippen LogP contribution is 2.10. The molecule has 0 fully saturated rings. The van der Waals surface area contributed by atoms with Gasteiger partial charge in [-0.1, -0.05) is 0 Å². The minimum atomic E-state index is -0.00153. The van der Waals surface area contributed by atoms with Crippen LogP contribution in [-0.4, -0.2) is 11.5 Å². The van der Waals surface area contributed by atoms with Crippen LogP contribution in [0.25, 0.3) is 0 Å². The normalized spacial score (nSPS) is 12.4. The second-order valence-corrected chi connectivity index (χ2v) is 2.57. The summed E-state index contributed by atoms with van der Waals surface area (Å²) in [7, 11) is 0. The Hall–Kier alpha value is -1.34. The van der Waals surface area contributed by atoms with Crippen LogP contribution in [0, 0.1) is 18.3 Å². The molecule has 12 heavy (non-hydrogen) atoms. The molecule has 0 saturated heterocycles. The lowest BCUT2D eigenvalue weighted by Gasteiger charge is -2.05. The zero-order chi connectivity index (χ0) is 8.97. The highest BCUT2D eigenvalue weighted by atomic mass is 16.4. The van der Waals surface area contributed by atoms with Crippen molar-refractivity contribution in [3.05, 3.63) is 17.8 Å². The van der Waals surface area contributed by atoms with Crippen molar-refractivity contribution < 1.29 is 4.42 Å². The predicted molar refractivity (Wildman–Crippen MR) is 43.3 cm³/mol. The number of hydrogen-bond acceptors (Lipinski definition) is 4. The van der Waals surface area contributed by atoms with Crippen LogP contribution in [0.2, 0.25) is 0 Å². The molecule has 1 aromatic heterocycles. The molecule has 0 bridgehead atoms. The summed E-state index contributed by atoms with van der Waals surface area (Å²) >= 11 is 0. The minimum Gasteiger partial charge on any atom is -0.444 e. The van der Waals surface area contributed by atoms with Gasteiger partial charge in [0.1, 0.15) is 5.76 Å². The predicted octanol–water partition coefficient (Wildman–Crippen LogP) is 1.16. The Morgan fingerprint density at radius 3 is 3.08 bits per heavy atom. The molecule has 1 rings (SSSR count). The summed E-state index contributed by atoms with van der Waals surface area (Å²) in [6, 6.07) is 1.99. The van der Waals surface area contributed by atoms with E-state index in [1.807, 2.05) is 19.9 Å². The van der Waals surface area contributed by atoms with Gasteiger partial charge in [0.25, 0.3) is 0 Å². The van der Waals surface area contributed by atoms with Gasteiger partial charge < -0.3 is 4.42 Å². The molecule has 64 valence electrons. The zero-order valence-electron chi connectivity index (χ0n) is 7.16. The maximum Gasteiger partial charge on any atom is 0.211 e. The van der Waals surface area contributed by atoms with Crippen molar-refractivity contribution in [2.45, 2.75) is 19.9 Å². The molecule has 0 saturated carbocycles. The standard InChI is InChI=1S/C8H11N3O/c1-6-5-11-8(12-6)7(2)10-4-3-9/h5,7,10H,4H2,1-2H3. The fourth-order valence-corrected chi connectivity index (χ4v) is 0.858. The third-order valence-corrected chi connectivity index (χ3v) is 1.50. The van der Waals surface area contributed by atoms with Gasteiger partial charge in [-0.25, -0.2) is 4.98 Å². The first kappa shape index (κ1) is 8.75. The molecule has 0 radical (unpaired) electrons. The van der Waals surface area contributed by atoms with Crippen LogP contribution in [0.1, 0.15) is 24.6 Å². The Bertz CT molecular complexity index is 287. The first-order chi connectivity index (χ1) is 5.74. The van der Waals surface area contributed by atoms with Gasteiger partial charge in [-0.05, 0) is 13.8 Å². The summed E-state index contributed by atoms with van der Waals surface area (Å²) in [5.74, 6) is 1.42. The monoisotopic (exact) mass is 165 g/mol. The molecule has 0 spiro atoms. The fraction of sp³-hybridized carbons (Fsp3) is 0.500. The highest BCUT2D eigenvalue weighted by Gasteiger charge is 2.09. The quantitative estimate of drug-likeness (QED) is 0.682. The van der Waals surface area contributed by atoms with E-state index in [1.165, 1.54) is 0 Å². The molecule has 0 aliphatic carbocycles. The van der Waals surface area contributed by atoms with E-state index in [0.29, 0.717) is 12.4 Å². The molecule has 4 heteroatoms. The average molecular weight is 165 g/mol. The van der Waals surface area contributed by atoms with Crippen LogP contribution < -0.4 is 5.32 Å². The van der Waals surface area contributed by atoms with Gasteiger partial charge in [0.15, 0.2) is 0 Å². The second-order valence-electron chi connectivity index (χ2n) is 2.57. The van der Waals surface area contributed by atoms with E-state index in [9.17, 15) is 0 Å². The van der Waals surface area contributed by atoms with Crippen LogP contribution in [0.3, 0.4) is 0 Å². The van der Waals surface area contributed by atoms with Crippen LogP contribution in [0.15, 0.2) is 10.6 Å². The summed E-state index contributed by atoms with van der Waals surface area (Å²) in [5.41, 5.74) is 0. The Balaban J connectivity index is 2.54. The molecule has 0 aromatic carbocycles. The molecule has 0 aliphatic rings. The summed E-state index contributed by atoms with van der Waals surface area (Å²) in [6.07, 6.45) is 1.67. The molecule has 1 atom stereocenters. The second kappa shape index (κ2) is 3.88. The number of hydrogen-bond donors (Lipinski definition) is 1. The molecule has 1 aromatic rings. The van der Waals surface area contributed by atoms with E-state index in [-0.39, 0.29) is 6.04 Å². The third kappa shape index (κ3) is 2.07. The van der Waals surface area contributed by atoms with E-state index in [4.69, 9.17) is 9.68 Å². The molecule has 0 aliphatic heterocycles. The average Bonchev–Trinajstić information content (AvgIpc) is 2.47. The molecule has 0 amide bonds. The van der Waals surface area contributed by atoms with E-state index in [0.717, 1.165) is 5.76 Å². The molecular formula is C8H11N3O. The van der Waals surface area contributed by atoms with Crippen LogP contribution in [0.5, 0.6) is 0 Å². The first-order valence-corrected chi connectivity index (χ1v) is 3.76. The van der Waals surface area contributed by atoms with Crippen molar-refractivity contribution >= 4 is 0 Å². The van der Waals surface area contributed by atoms with Crippen molar-refractivity contribution in [3.8, 4) is 6.07 Å². The fourth-order valence-electron chi connectivity index (χ4n) is 0.858. The van der Waals surface area contributed by atoms with Crippen LogP contribution in [-0.2, 0) is 0 Å². The van der Waals surface area contributed by atoms with Gasteiger partial charge in [-0.3, -0.25) is 5.32 Å². The Labute approximate surface area is 71.2 Å². The summed E-state index contributed by atoms with van der Waals surface area (Å²) < 4.78 is 5.26. The lowest BCUT2D eigenvalue weighted by molar-refractivity contribution is 0.412. The Kier molecular flexibility index (Phi) is 2.83. The summed E-state index contributed by atoms with van der Waals surface area (Å²) in [4.78, 5) is 4.03. The number of aryl methyl sites for hydroxylation is 1. The van der Waals surface area contributed by atoms with Gasteiger partial charge >= 0.3 is 0 Å². The number of nitrogens with zero attached hydrogens (tertiary/aromatic N) is 2. The van der Waals surface area contributed by atoms with Gasteiger partial charge in [0.05, 0.1) is 24.9 Å². The van der Waals surface area contributed by atoms with E-state index in [2.05, 4.69) is 10.3 Å². The highest BCUT2D eigenvalue weighted by molar-refractivity contribution is 4.95. The number of rotatable bonds is 3. The van der Waals surface area contributed by atoms with Gasteiger partial charge in [-0.2, -0.15) is 5.26 Å². The maximum absolute atomic E-state index is 8.30. The third-order valence-electron chi connectivity index (χ3n) is 1.50. The zero-order valence-corrected chi connectivity index (χ0v) is 7.16.